The van der Waals surface area contributed by atoms with Gasteiger partial charge in [0.05, 0.1) is 16.4 Å². The van der Waals surface area contributed by atoms with Gasteiger partial charge in [0.2, 0.25) is 0 Å². The van der Waals surface area contributed by atoms with Gasteiger partial charge in [0, 0.05) is 32.0 Å². The number of hydrogen-bond donors (Lipinski definition) is 3. The molecule has 57 heavy (non-hydrogen) atoms. The van der Waals surface area contributed by atoms with E-state index in [2.05, 4.69) is 140 Å². The summed E-state index contributed by atoms with van der Waals surface area (Å²) in [7, 11) is 8.29. The number of anilines is 1. The summed E-state index contributed by atoms with van der Waals surface area (Å²) in [6.07, 6.45) is 2.16. The minimum absolute atomic E-state index is 0.130. The summed E-state index contributed by atoms with van der Waals surface area (Å²) in [5, 5.41) is 9.82. The van der Waals surface area contributed by atoms with Gasteiger partial charge in [-0.1, -0.05) is 84.9 Å². The van der Waals surface area contributed by atoms with E-state index >= 15 is 0 Å². The molecule has 0 amide bonds. The Hall–Kier alpha value is -5.04. The van der Waals surface area contributed by atoms with Gasteiger partial charge in [-0.25, -0.2) is 15.0 Å². The minimum Gasteiger partial charge on any atom is -0.369 e. The molecule has 0 unspecified atom stereocenters. The second kappa shape index (κ2) is 19.9. The zero-order valence-corrected chi connectivity index (χ0v) is 35.9. The molecule has 9 nitrogen and oxygen atoms in total. The van der Waals surface area contributed by atoms with E-state index in [1.165, 1.54) is 10.8 Å². The molecule has 0 aliphatic rings. The number of nitrogens with two attached hydrogens (primary N) is 1. The third kappa shape index (κ3) is 10.9. The quantitative estimate of drug-likeness (QED) is 0.116. The van der Waals surface area contributed by atoms with Gasteiger partial charge >= 0.3 is 0 Å². The Kier molecular flexibility index (Phi) is 14.5. The first-order valence-corrected chi connectivity index (χ1v) is 20.6. The summed E-state index contributed by atoms with van der Waals surface area (Å²) in [5.41, 5.74) is 8.64. The number of aromatic nitrogens is 4. The largest absolute Gasteiger partial charge is 0.369 e. The van der Waals surface area contributed by atoms with Crippen molar-refractivity contribution in [1.29, 1.82) is 0 Å². The average molecular weight is 889 g/mol. The number of nitrogens with zero attached hydrogens (tertiary/aromatic N) is 5. The highest BCUT2D eigenvalue weighted by Gasteiger charge is 2.13. The van der Waals surface area contributed by atoms with Crippen LogP contribution in [-0.2, 0) is 0 Å². The van der Waals surface area contributed by atoms with Crippen LogP contribution >= 0.6 is 31.9 Å². The maximum Gasteiger partial charge on any atom is 0.259 e. The van der Waals surface area contributed by atoms with Crippen molar-refractivity contribution in [3.05, 3.63) is 141 Å². The van der Waals surface area contributed by atoms with Gasteiger partial charge in [0.15, 0.2) is 5.82 Å². The van der Waals surface area contributed by atoms with Crippen molar-refractivity contribution >= 4 is 81.0 Å². The highest BCUT2D eigenvalue weighted by atomic mass is 79.9. The first kappa shape index (κ1) is 41.6. The number of benzene rings is 6. The van der Waals surface area contributed by atoms with Gasteiger partial charge < -0.3 is 25.8 Å². The molecule has 0 bridgehead atoms. The van der Waals surface area contributed by atoms with Crippen molar-refractivity contribution in [2.75, 3.05) is 59.7 Å². The fourth-order valence-electron chi connectivity index (χ4n) is 6.32. The van der Waals surface area contributed by atoms with Crippen molar-refractivity contribution in [3.8, 4) is 22.8 Å². The third-order valence-corrected chi connectivity index (χ3v) is 10.6. The Labute approximate surface area is 350 Å². The van der Waals surface area contributed by atoms with E-state index in [1.54, 1.807) is 6.07 Å². The smallest absolute Gasteiger partial charge is 0.259 e. The number of rotatable bonds is 10. The molecule has 6 aromatic carbocycles. The van der Waals surface area contributed by atoms with Crippen molar-refractivity contribution in [3.63, 3.8) is 0 Å². The minimum atomic E-state index is -0.130. The normalized spacial score (nSPS) is 11.2. The zero-order chi connectivity index (χ0) is 40.3. The monoisotopic (exact) mass is 886 g/mol. The van der Waals surface area contributed by atoms with Crippen LogP contribution in [0.1, 0.15) is 12.8 Å². The Bertz CT molecular complexity index is 2660. The molecule has 0 aliphatic carbocycles. The predicted octanol–water partition coefficient (Wildman–Crippen LogP) is 9.98. The highest BCUT2D eigenvalue weighted by molar-refractivity contribution is 9.11. The van der Waals surface area contributed by atoms with E-state index in [0.717, 1.165) is 92.4 Å². The van der Waals surface area contributed by atoms with Gasteiger partial charge in [-0.3, -0.25) is 4.79 Å². The molecule has 292 valence electrons. The Balaban J connectivity index is 0.000000169. The summed E-state index contributed by atoms with van der Waals surface area (Å²) in [5.74, 6) is 2.20. The van der Waals surface area contributed by atoms with Gasteiger partial charge in [-0.05, 0) is 150 Å². The van der Waals surface area contributed by atoms with Crippen molar-refractivity contribution < 1.29 is 0 Å². The van der Waals surface area contributed by atoms with Gasteiger partial charge in [-0.15, -0.1) is 0 Å². The second-order valence-corrected chi connectivity index (χ2v) is 15.9. The number of aromatic amines is 1. The maximum atomic E-state index is 12.3. The second-order valence-electron chi connectivity index (χ2n) is 14.2. The molecule has 2 heterocycles. The van der Waals surface area contributed by atoms with Crippen LogP contribution in [0.5, 0.6) is 0 Å². The fourth-order valence-corrected chi connectivity index (χ4v) is 7.23. The first-order valence-electron chi connectivity index (χ1n) is 19.0. The van der Waals surface area contributed by atoms with E-state index in [0.29, 0.717) is 16.7 Å². The van der Waals surface area contributed by atoms with Gasteiger partial charge in [-0.2, -0.15) is 0 Å². The summed E-state index contributed by atoms with van der Waals surface area (Å²) < 4.78 is 1.80. The van der Waals surface area contributed by atoms with Gasteiger partial charge in [0.1, 0.15) is 11.6 Å². The molecule has 0 aliphatic heterocycles. The summed E-state index contributed by atoms with van der Waals surface area (Å²) in [4.78, 5) is 33.8. The van der Waals surface area contributed by atoms with Crippen molar-refractivity contribution in [2.24, 2.45) is 5.73 Å². The molecule has 4 N–H and O–H groups in total. The predicted molar refractivity (Wildman–Crippen MR) is 247 cm³/mol. The molecular weight excluding hydrogens is 840 g/mol. The molecule has 0 saturated carbocycles. The van der Waals surface area contributed by atoms with Crippen LogP contribution in [0.3, 0.4) is 0 Å². The number of para-hydroxylation sites is 2. The van der Waals surface area contributed by atoms with E-state index in [4.69, 9.17) is 15.7 Å². The molecule has 0 fully saturated rings. The Morgan fingerprint density at radius 3 is 1.75 bits per heavy atom. The number of H-pyrrole nitrogens is 1. The standard InChI is InChI=1S/C23H23BrN4.C18H11BrN2O.C5H14N2/c1-28(2)14-6-13-25-23-19-9-5-10-20(24)21(19)26-22(27-23)18-12-11-16-7-3-4-8-17(16)15-18;19-15-7-3-6-14-16(15)20-17(21-18(14)22)13-9-8-11-4-1-2-5-12(11)10-13;1-7(2)5-3-4-6/h3-5,7-12,15H,6,13-14H2,1-2H3,(H,25,26,27);1-10H,(H,20,21,22);3-6H2,1-2H3. The van der Waals surface area contributed by atoms with Crippen LogP contribution in [0.4, 0.5) is 5.82 Å². The van der Waals surface area contributed by atoms with Crippen LogP contribution in [-0.4, -0.2) is 84.1 Å². The number of hydrogen-bond acceptors (Lipinski definition) is 8. The number of nitrogens with one attached hydrogen (secondary N) is 2. The van der Waals surface area contributed by atoms with E-state index in [9.17, 15) is 4.79 Å². The SMILES string of the molecule is CN(C)CCCN.CN(C)CCCNc1nc(-c2ccc3ccccc3c2)nc2c(Br)cccc12.O=c1[nH]c(-c2ccc3ccccc3c2)nc2c(Br)cccc12. The van der Waals surface area contributed by atoms with Crippen molar-refractivity contribution in [2.45, 2.75) is 12.8 Å². The lowest BCUT2D eigenvalue weighted by Gasteiger charge is -2.13. The molecule has 0 saturated heterocycles. The maximum absolute atomic E-state index is 12.3. The molecule has 0 atom stereocenters. The molecule has 0 spiro atoms. The zero-order valence-electron chi connectivity index (χ0n) is 32.8. The summed E-state index contributed by atoms with van der Waals surface area (Å²) in [6, 6.07) is 40.5. The molecule has 2 aromatic heterocycles. The number of fused-ring (bicyclic) bond motifs is 4. The number of halogens is 2. The molecule has 0 radical (unpaired) electrons. The lowest BCUT2D eigenvalue weighted by atomic mass is 10.1. The molecular formula is C46H48Br2N8O. The van der Waals surface area contributed by atoms with Crippen LogP contribution in [0.15, 0.2) is 135 Å². The molecule has 8 rings (SSSR count). The third-order valence-electron chi connectivity index (χ3n) is 9.28. The van der Waals surface area contributed by atoms with Crippen LogP contribution in [0.2, 0.25) is 0 Å². The Morgan fingerprint density at radius 1 is 0.614 bits per heavy atom. The van der Waals surface area contributed by atoms with E-state index < -0.39 is 0 Å². The summed E-state index contributed by atoms with van der Waals surface area (Å²) in [6.45, 7) is 3.82. The van der Waals surface area contributed by atoms with Crippen LogP contribution in [0.25, 0.3) is 66.1 Å². The highest BCUT2D eigenvalue weighted by Crippen LogP contribution is 2.31. The Morgan fingerprint density at radius 2 is 1.16 bits per heavy atom. The van der Waals surface area contributed by atoms with Gasteiger partial charge in [0.25, 0.3) is 5.56 Å². The fraction of sp³-hybridized carbons (Fsp3) is 0.217. The van der Waals surface area contributed by atoms with Crippen LogP contribution in [0, 0.1) is 0 Å². The molecule has 8 aromatic rings. The van der Waals surface area contributed by atoms with Crippen LogP contribution < -0.4 is 16.6 Å². The topological polar surface area (TPSA) is 116 Å². The molecule has 11 heteroatoms. The first-order chi connectivity index (χ1) is 27.6. The summed E-state index contributed by atoms with van der Waals surface area (Å²) >= 11 is 7.12. The van der Waals surface area contributed by atoms with E-state index in [-0.39, 0.29) is 5.56 Å². The lowest BCUT2D eigenvalue weighted by molar-refractivity contribution is 0.403. The average Bonchev–Trinajstić information content (AvgIpc) is 3.22. The van der Waals surface area contributed by atoms with E-state index in [1.807, 2.05) is 60.7 Å². The van der Waals surface area contributed by atoms with Crippen molar-refractivity contribution in [1.82, 2.24) is 29.7 Å². The lowest BCUT2D eigenvalue weighted by Crippen LogP contribution is -2.17.